The Morgan fingerprint density at radius 2 is 2.21 bits per heavy atom. The van der Waals surface area contributed by atoms with Gasteiger partial charge in [-0.1, -0.05) is 0 Å². The Hall–Kier alpha value is -1.34. The fourth-order valence-corrected chi connectivity index (χ4v) is 1.74. The summed E-state index contributed by atoms with van der Waals surface area (Å²) in [5.74, 6) is 0.390. The minimum absolute atomic E-state index is 0.104. The third-order valence-corrected chi connectivity index (χ3v) is 2.59. The maximum atomic E-state index is 11.2. The lowest BCUT2D eigenvalue weighted by atomic mass is 10.1. The molecule has 0 fully saturated rings. The zero-order valence-electron chi connectivity index (χ0n) is 7.80. The highest BCUT2D eigenvalue weighted by molar-refractivity contribution is 9.10. The maximum Gasteiger partial charge on any atom is 0.161 e. The molecular weight excluding hydrogens is 246 g/mol. The van der Waals surface area contributed by atoms with E-state index in [0.717, 1.165) is 0 Å². The highest BCUT2D eigenvalue weighted by Crippen LogP contribution is 2.30. The lowest BCUT2D eigenvalue weighted by Crippen LogP contribution is -1.97. The van der Waals surface area contributed by atoms with Crippen LogP contribution in [-0.4, -0.2) is 12.9 Å². The fourth-order valence-electron chi connectivity index (χ4n) is 1.07. The van der Waals surface area contributed by atoms with Gasteiger partial charge in [0.2, 0.25) is 0 Å². The number of methoxy groups -OCH3 is 1. The first-order valence-corrected chi connectivity index (χ1v) is 4.68. The molecule has 0 radical (unpaired) electrons. The van der Waals surface area contributed by atoms with Crippen molar-refractivity contribution in [2.75, 3.05) is 7.11 Å². The van der Waals surface area contributed by atoms with E-state index in [1.54, 1.807) is 6.07 Å². The van der Waals surface area contributed by atoms with E-state index in [1.807, 2.05) is 6.07 Å². The molecule has 1 aromatic rings. The Bertz CT molecular complexity index is 421. The number of halogens is 1. The van der Waals surface area contributed by atoms with Crippen LogP contribution in [0.15, 0.2) is 16.6 Å². The average Bonchev–Trinajstić information content (AvgIpc) is 2.17. The molecular formula is C10H8BrNO2. The molecule has 0 heterocycles. The normalized spacial score (nSPS) is 9.29. The standard InChI is InChI=1S/C10H8BrNO2/c1-6(13)8-3-7(5-12)4-9(14-2)10(8)11/h3-4H,1-2H3. The van der Waals surface area contributed by atoms with Gasteiger partial charge in [0, 0.05) is 5.56 Å². The molecule has 0 amide bonds. The third-order valence-electron chi connectivity index (χ3n) is 1.77. The van der Waals surface area contributed by atoms with Crippen molar-refractivity contribution >= 4 is 21.7 Å². The van der Waals surface area contributed by atoms with Crippen LogP contribution in [0.3, 0.4) is 0 Å². The number of nitrogens with zero attached hydrogens (tertiary/aromatic N) is 1. The van der Waals surface area contributed by atoms with Crippen molar-refractivity contribution in [3.05, 3.63) is 27.7 Å². The van der Waals surface area contributed by atoms with Crippen LogP contribution in [0.1, 0.15) is 22.8 Å². The molecule has 0 saturated heterocycles. The smallest absolute Gasteiger partial charge is 0.161 e. The number of hydrogen-bond donors (Lipinski definition) is 0. The molecule has 72 valence electrons. The van der Waals surface area contributed by atoms with E-state index in [4.69, 9.17) is 10.00 Å². The van der Waals surface area contributed by atoms with Crippen molar-refractivity contribution in [1.82, 2.24) is 0 Å². The first kappa shape index (κ1) is 10.7. The van der Waals surface area contributed by atoms with Gasteiger partial charge in [0.1, 0.15) is 5.75 Å². The van der Waals surface area contributed by atoms with Crippen molar-refractivity contribution in [3.8, 4) is 11.8 Å². The second-order valence-electron chi connectivity index (χ2n) is 2.71. The van der Waals surface area contributed by atoms with E-state index in [9.17, 15) is 4.79 Å². The Balaban J connectivity index is 3.44. The molecule has 1 rings (SSSR count). The van der Waals surface area contributed by atoms with Crippen LogP contribution in [0, 0.1) is 11.3 Å². The van der Waals surface area contributed by atoms with Gasteiger partial charge in [-0.2, -0.15) is 5.26 Å². The van der Waals surface area contributed by atoms with Gasteiger partial charge in [-0.25, -0.2) is 0 Å². The number of benzene rings is 1. The molecule has 14 heavy (non-hydrogen) atoms. The van der Waals surface area contributed by atoms with Crippen LogP contribution in [0.25, 0.3) is 0 Å². The molecule has 0 aromatic heterocycles. The summed E-state index contributed by atoms with van der Waals surface area (Å²) in [5, 5.41) is 8.72. The Morgan fingerprint density at radius 1 is 1.57 bits per heavy atom. The second kappa shape index (κ2) is 4.25. The summed E-state index contributed by atoms with van der Waals surface area (Å²) in [7, 11) is 1.49. The van der Waals surface area contributed by atoms with Gasteiger partial charge in [-0.3, -0.25) is 4.79 Å². The molecule has 0 aliphatic rings. The van der Waals surface area contributed by atoms with Crippen LogP contribution >= 0.6 is 15.9 Å². The fraction of sp³-hybridized carbons (Fsp3) is 0.200. The van der Waals surface area contributed by atoms with Crippen molar-refractivity contribution < 1.29 is 9.53 Å². The molecule has 0 aliphatic heterocycles. The van der Waals surface area contributed by atoms with Gasteiger partial charge in [0.15, 0.2) is 5.78 Å². The van der Waals surface area contributed by atoms with Gasteiger partial charge in [0.05, 0.1) is 23.2 Å². The number of ketones is 1. The monoisotopic (exact) mass is 253 g/mol. The quantitative estimate of drug-likeness (QED) is 0.762. The Morgan fingerprint density at radius 3 is 2.64 bits per heavy atom. The zero-order chi connectivity index (χ0) is 10.7. The van der Waals surface area contributed by atoms with Gasteiger partial charge < -0.3 is 4.74 Å². The second-order valence-corrected chi connectivity index (χ2v) is 3.50. The lowest BCUT2D eigenvalue weighted by Gasteiger charge is -2.07. The van der Waals surface area contributed by atoms with Gasteiger partial charge in [-0.15, -0.1) is 0 Å². The summed E-state index contributed by atoms with van der Waals surface area (Å²) in [6.07, 6.45) is 0. The Kier molecular flexibility index (Phi) is 3.26. The summed E-state index contributed by atoms with van der Waals surface area (Å²) in [5.41, 5.74) is 0.871. The SMILES string of the molecule is COc1cc(C#N)cc(C(C)=O)c1Br. The molecule has 0 spiro atoms. The average molecular weight is 254 g/mol. The molecule has 4 heteroatoms. The molecule has 0 atom stereocenters. The number of ether oxygens (including phenoxy) is 1. The number of Topliss-reactive ketones (excluding diaryl/α,β-unsaturated/α-hetero) is 1. The first-order valence-electron chi connectivity index (χ1n) is 3.88. The van der Waals surface area contributed by atoms with Crippen molar-refractivity contribution in [2.45, 2.75) is 6.92 Å². The van der Waals surface area contributed by atoms with E-state index < -0.39 is 0 Å². The van der Waals surface area contributed by atoms with Crippen LogP contribution in [0.4, 0.5) is 0 Å². The molecule has 3 nitrogen and oxygen atoms in total. The van der Waals surface area contributed by atoms with E-state index in [0.29, 0.717) is 21.3 Å². The molecule has 1 aromatic carbocycles. The van der Waals surface area contributed by atoms with Crippen molar-refractivity contribution in [1.29, 1.82) is 5.26 Å². The maximum absolute atomic E-state index is 11.2. The molecule has 0 bridgehead atoms. The number of nitriles is 1. The molecule has 0 N–H and O–H groups in total. The van der Waals surface area contributed by atoms with Gasteiger partial charge >= 0.3 is 0 Å². The van der Waals surface area contributed by atoms with Crippen molar-refractivity contribution in [2.24, 2.45) is 0 Å². The highest BCUT2D eigenvalue weighted by atomic mass is 79.9. The van der Waals surface area contributed by atoms with E-state index >= 15 is 0 Å². The van der Waals surface area contributed by atoms with Crippen LogP contribution in [0.2, 0.25) is 0 Å². The first-order chi connectivity index (χ1) is 6.60. The number of carbonyl (C=O) groups excluding carboxylic acids is 1. The summed E-state index contributed by atoms with van der Waals surface area (Å²) in [6.45, 7) is 1.45. The van der Waals surface area contributed by atoms with Crippen LogP contribution in [0.5, 0.6) is 5.75 Å². The summed E-state index contributed by atoms with van der Waals surface area (Å²) in [4.78, 5) is 11.2. The minimum atomic E-state index is -0.104. The molecule has 0 aliphatic carbocycles. The van der Waals surface area contributed by atoms with Crippen LogP contribution in [-0.2, 0) is 0 Å². The van der Waals surface area contributed by atoms with Gasteiger partial charge in [-0.05, 0) is 35.0 Å². The van der Waals surface area contributed by atoms with E-state index in [-0.39, 0.29) is 5.78 Å². The molecule has 0 unspecified atom stereocenters. The predicted molar refractivity (Wildman–Crippen MR) is 55.4 cm³/mol. The third kappa shape index (κ3) is 1.94. The number of rotatable bonds is 2. The predicted octanol–water partition coefficient (Wildman–Crippen LogP) is 2.53. The number of carbonyl (C=O) groups is 1. The largest absolute Gasteiger partial charge is 0.496 e. The minimum Gasteiger partial charge on any atom is -0.496 e. The van der Waals surface area contributed by atoms with E-state index in [1.165, 1.54) is 20.1 Å². The summed E-state index contributed by atoms with van der Waals surface area (Å²) in [6, 6.07) is 5.09. The highest BCUT2D eigenvalue weighted by Gasteiger charge is 2.12. The van der Waals surface area contributed by atoms with E-state index in [2.05, 4.69) is 15.9 Å². The Labute approximate surface area is 90.4 Å². The topological polar surface area (TPSA) is 50.1 Å². The molecule has 0 saturated carbocycles. The van der Waals surface area contributed by atoms with Gasteiger partial charge in [0.25, 0.3) is 0 Å². The van der Waals surface area contributed by atoms with Crippen LogP contribution < -0.4 is 4.74 Å². The summed E-state index contributed by atoms with van der Waals surface area (Å²) >= 11 is 3.25. The number of hydrogen-bond acceptors (Lipinski definition) is 3. The zero-order valence-corrected chi connectivity index (χ0v) is 9.38. The van der Waals surface area contributed by atoms with Crippen molar-refractivity contribution in [3.63, 3.8) is 0 Å². The summed E-state index contributed by atoms with van der Waals surface area (Å²) < 4.78 is 5.62. The lowest BCUT2D eigenvalue weighted by molar-refractivity contribution is 0.101.